The molecule has 1 amide bonds. The summed E-state index contributed by atoms with van der Waals surface area (Å²) in [5, 5.41) is 6.31. The molecule has 0 aromatic rings. The average molecular weight is 196 g/mol. The van der Waals surface area contributed by atoms with Gasteiger partial charge in [0.15, 0.2) is 0 Å². The van der Waals surface area contributed by atoms with Crippen molar-refractivity contribution in [3.8, 4) is 0 Å². The Kier molecular flexibility index (Phi) is 3.06. The molecule has 1 aliphatic carbocycles. The summed E-state index contributed by atoms with van der Waals surface area (Å²) in [5.74, 6) is 1.09. The van der Waals surface area contributed by atoms with Crippen LogP contribution in [-0.4, -0.2) is 24.5 Å². The van der Waals surface area contributed by atoms with E-state index in [-0.39, 0.29) is 11.9 Å². The lowest BCUT2D eigenvalue weighted by Gasteiger charge is -2.16. The van der Waals surface area contributed by atoms with Crippen LogP contribution in [0.2, 0.25) is 0 Å². The van der Waals surface area contributed by atoms with Gasteiger partial charge in [0, 0.05) is 6.04 Å². The van der Waals surface area contributed by atoms with Crippen LogP contribution >= 0.6 is 0 Å². The molecule has 0 radical (unpaired) electrons. The van der Waals surface area contributed by atoms with Crippen LogP contribution in [0.25, 0.3) is 0 Å². The van der Waals surface area contributed by atoms with Gasteiger partial charge in [-0.05, 0) is 38.6 Å². The fourth-order valence-corrected chi connectivity index (χ4v) is 2.16. The lowest BCUT2D eigenvalue weighted by Crippen LogP contribution is -2.44. The third-order valence-corrected chi connectivity index (χ3v) is 3.15. The molecule has 2 rings (SSSR count). The smallest absolute Gasteiger partial charge is 0.237 e. The molecule has 2 fully saturated rings. The molecule has 1 heterocycles. The van der Waals surface area contributed by atoms with Crippen molar-refractivity contribution in [2.45, 2.75) is 51.1 Å². The predicted molar refractivity (Wildman–Crippen MR) is 56.0 cm³/mol. The molecule has 2 unspecified atom stereocenters. The molecular formula is C11H20N2O. The number of rotatable bonds is 4. The number of carbonyl (C=O) groups is 1. The Morgan fingerprint density at radius 2 is 2.29 bits per heavy atom. The Labute approximate surface area is 85.6 Å². The third-order valence-electron chi connectivity index (χ3n) is 3.15. The first-order valence-electron chi connectivity index (χ1n) is 5.79. The summed E-state index contributed by atoms with van der Waals surface area (Å²) < 4.78 is 0. The molecule has 80 valence electrons. The Morgan fingerprint density at radius 3 is 2.86 bits per heavy atom. The van der Waals surface area contributed by atoms with Crippen LogP contribution in [0, 0.1) is 5.92 Å². The molecular weight excluding hydrogens is 176 g/mol. The minimum Gasteiger partial charge on any atom is -0.352 e. The molecule has 3 heteroatoms. The fraction of sp³-hybridized carbons (Fsp3) is 0.909. The van der Waals surface area contributed by atoms with Crippen LogP contribution in [0.5, 0.6) is 0 Å². The first-order valence-corrected chi connectivity index (χ1v) is 5.79. The quantitative estimate of drug-likeness (QED) is 0.705. The van der Waals surface area contributed by atoms with Crippen molar-refractivity contribution in [1.29, 1.82) is 0 Å². The second-order valence-corrected chi connectivity index (χ2v) is 4.74. The van der Waals surface area contributed by atoms with Crippen molar-refractivity contribution >= 4 is 5.91 Å². The molecule has 0 bridgehead atoms. The van der Waals surface area contributed by atoms with E-state index < -0.39 is 0 Å². The first-order chi connectivity index (χ1) is 6.75. The van der Waals surface area contributed by atoms with Gasteiger partial charge in [0.05, 0.1) is 6.04 Å². The van der Waals surface area contributed by atoms with Crippen molar-refractivity contribution in [3.05, 3.63) is 0 Å². The summed E-state index contributed by atoms with van der Waals surface area (Å²) in [6.45, 7) is 3.11. The van der Waals surface area contributed by atoms with Gasteiger partial charge in [-0.2, -0.15) is 0 Å². The SMILES string of the molecule is CC(CC1CC1)NC(=O)C1CCCN1. The highest BCUT2D eigenvalue weighted by Crippen LogP contribution is 2.33. The van der Waals surface area contributed by atoms with E-state index in [4.69, 9.17) is 0 Å². The molecule has 0 aromatic heterocycles. The number of nitrogens with one attached hydrogen (secondary N) is 2. The zero-order chi connectivity index (χ0) is 9.97. The predicted octanol–water partition coefficient (Wildman–Crippen LogP) is 1.04. The maximum atomic E-state index is 11.7. The summed E-state index contributed by atoms with van der Waals surface area (Å²) in [5.41, 5.74) is 0. The molecule has 2 N–H and O–H groups in total. The molecule has 0 aromatic carbocycles. The number of carbonyl (C=O) groups excluding carboxylic acids is 1. The zero-order valence-electron chi connectivity index (χ0n) is 8.88. The van der Waals surface area contributed by atoms with Crippen molar-refractivity contribution in [2.75, 3.05) is 6.54 Å². The van der Waals surface area contributed by atoms with Gasteiger partial charge in [0.1, 0.15) is 0 Å². The maximum absolute atomic E-state index is 11.7. The molecule has 2 atom stereocenters. The second kappa shape index (κ2) is 4.30. The molecule has 3 nitrogen and oxygen atoms in total. The van der Waals surface area contributed by atoms with Crippen molar-refractivity contribution in [2.24, 2.45) is 5.92 Å². The molecule has 14 heavy (non-hydrogen) atoms. The van der Waals surface area contributed by atoms with E-state index in [9.17, 15) is 4.79 Å². The van der Waals surface area contributed by atoms with Crippen LogP contribution < -0.4 is 10.6 Å². The van der Waals surface area contributed by atoms with Crippen molar-refractivity contribution in [1.82, 2.24) is 10.6 Å². The third kappa shape index (κ3) is 2.71. The van der Waals surface area contributed by atoms with Gasteiger partial charge in [-0.25, -0.2) is 0 Å². The minimum absolute atomic E-state index is 0.0802. The largest absolute Gasteiger partial charge is 0.352 e. The van der Waals surface area contributed by atoms with Gasteiger partial charge in [0.2, 0.25) is 5.91 Å². The van der Waals surface area contributed by atoms with E-state index in [1.807, 2.05) is 0 Å². The summed E-state index contributed by atoms with van der Waals surface area (Å²) in [4.78, 5) is 11.7. The van der Waals surface area contributed by atoms with Crippen LogP contribution in [0.15, 0.2) is 0 Å². The Bertz CT molecular complexity index is 207. The fourth-order valence-electron chi connectivity index (χ4n) is 2.16. The van der Waals surface area contributed by atoms with Crippen LogP contribution in [0.1, 0.15) is 39.0 Å². The van der Waals surface area contributed by atoms with E-state index in [1.54, 1.807) is 0 Å². The van der Waals surface area contributed by atoms with Crippen LogP contribution in [0.3, 0.4) is 0 Å². The monoisotopic (exact) mass is 196 g/mol. The zero-order valence-corrected chi connectivity index (χ0v) is 8.88. The molecule has 2 aliphatic rings. The molecule has 1 aliphatic heterocycles. The van der Waals surface area contributed by atoms with E-state index in [2.05, 4.69) is 17.6 Å². The molecule has 1 saturated carbocycles. The topological polar surface area (TPSA) is 41.1 Å². The van der Waals surface area contributed by atoms with Crippen molar-refractivity contribution in [3.63, 3.8) is 0 Å². The first kappa shape index (κ1) is 9.97. The van der Waals surface area contributed by atoms with Crippen LogP contribution in [-0.2, 0) is 4.79 Å². The van der Waals surface area contributed by atoms with Gasteiger partial charge in [-0.3, -0.25) is 4.79 Å². The Balaban J connectivity index is 1.69. The van der Waals surface area contributed by atoms with Gasteiger partial charge >= 0.3 is 0 Å². The van der Waals surface area contributed by atoms with Gasteiger partial charge in [-0.15, -0.1) is 0 Å². The van der Waals surface area contributed by atoms with E-state index in [1.165, 1.54) is 19.3 Å². The Morgan fingerprint density at radius 1 is 1.50 bits per heavy atom. The Hall–Kier alpha value is -0.570. The number of hydrogen-bond donors (Lipinski definition) is 2. The molecule has 1 saturated heterocycles. The highest BCUT2D eigenvalue weighted by atomic mass is 16.2. The highest BCUT2D eigenvalue weighted by molar-refractivity contribution is 5.82. The number of amides is 1. The van der Waals surface area contributed by atoms with E-state index in [0.29, 0.717) is 6.04 Å². The van der Waals surface area contributed by atoms with Gasteiger partial charge in [0.25, 0.3) is 0 Å². The lowest BCUT2D eigenvalue weighted by atomic mass is 10.1. The number of hydrogen-bond acceptors (Lipinski definition) is 2. The van der Waals surface area contributed by atoms with Crippen molar-refractivity contribution < 1.29 is 4.79 Å². The normalized spacial score (nSPS) is 28.8. The summed E-state index contributed by atoms with van der Waals surface area (Å²) in [7, 11) is 0. The van der Waals surface area contributed by atoms with Crippen LogP contribution in [0.4, 0.5) is 0 Å². The summed E-state index contributed by atoms with van der Waals surface area (Å²) in [6, 6.07) is 0.439. The second-order valence-electron chi connectivity index (χ2n) is 4.74. The summed E-state index contributed by atoms with van der Waals surface area (Å²) in [6.07, 6.45) is 6.03. The maximum Gasteiger partial charge on any atom is 0.237 e. The highest BCUT2D eigenvalue weighted by Gasteiger charge is 2.27. The standard InChI is InChI=1S/C11H20N2O/c1-8(7-9-4-5-9)13-11(14)10-3-2-6-12-10/h8-10,12H,2-7H2,1H3,(H,13,14). The average Bonchev–Trinajstić information content (AvgIpc) is 2.80. The molecule has 0 spiro atoms. The van der Waals surface area contributed by atoms with E-state index in [0.717, 1.165) is 25.3 Å². The van der Waals surface area contributed by atoms with Gasteiger partial charge < -0.3 is 10.6 Å². The minimum atomic E-state index is 0.0802. The lowest BCUT2D eigenvalue weighted by molar-refractivity contribution is -0.123. The van der Waals surface area contributed by atoms with E-state index >= 15 is 0 Å². The summed E-state index contributed by atoms with van der Waals surface area (Å²) >= 11 is 0. The van der Waals surface area contributed by atoms with Gasteiger partial charge in [-0.1, -0.05) is 12.8 Å².